The van der Waals surface area contributed by atoms with E-state index in [1.54, 1.807) is 31.3 Å². The van der Waals surface area contributed by atoms with E-state index in [0.717, 1.165) is 5.01 Å². The number of anilines is 2. The van der Waals surface area contributed by atoms with Crippen LogP contribution in [0.2, 0.25) is 5.02 Å². The van der Waals surface area contributed by atoms with Crippen molar-refractivity contribution in [3.8, 4) is 6.07 Å². The van der Waals surface area contributed by atoms with Gasteiger partial charge < -0.3 is 20.8 Å². The molecule has 0 amide bonds. The number of ether oxygens (including phenoxy) is 1. The monoisotopic (exact) mass is 602 g/mol. The van der Waals surface area contributed by atoms with E-state index in [-0.39, 0.29) is 18.3 Å². The molecule has 0 spiro atoms. The highest BCUT2D eigenvalue weighted by molar-refractivity contribution is 6.35. The number of hydrogen-bond donors (Lipinski definition) is 4. The van der Waals surface area contributed by atoms with E-state index in [1.165, 1.54) is 19.5 Å². The van der Waals surface area contributed by atoms with E-state index in [0.29, 0.717) is 56.6 Å². The summed E-state index contributed by atoms with van der Waals surface area (Å²) >= 11 is 6.67. The van der Waals surface area contributed by atoms with Crippen molar-refractivity contribution >= 4 is 39.8 Å². The minimum Gasteiger partial charge on any atom is -0.481 e. The number of halogens is 4. The fourth-order valence-electron chi connectivity index (χ4n) is 4.50. The molecule has 2 aromatic rings. The molecule has 0 bridgehead atoms. The molecule has 224 valence electrons. The normalized spacial score (nSPS) is 17.5. The third-order valence-corrected chi connectivity index (χ3v) is 7.29. The SMILES string of the molecule is C=C(/C=C\C(=N/C)OC)[C@H](Nc1cc(Cl)c2ncc(C#N)c(NCC(C)(C)C)c2c1)C1=CN(C2(C(F)(F)F)CC2)NN1. The van der Waals surface area contributed by atoms with E-state index in [2.05, 4.69) is 65.0 Å². The second-order valence-electron chi connectivity index (χ2n) is 11.4. The van der Waals surface area contributed by atoms with Gasteiger partial charge in [-0.1, -0.05) is 45.0 Å². The number of pyridine rings is 1. The van der Waals surface area contributed by atoms with Gasteiger partial charge in [0.05, 0.1) is 40.6 Å². The van der Waals surface area contributed by atoms with E-state index in [1.807, 2.05) is 0 Å². The van der Waals surface area contributed by atoms with Crippen molar-refractivity contribution in [3.63, 3.8) is 0 Å². The van der Waals surface area contributed by atoms with E-state index >= 15 is 0 Å². The number of aromatic nitrogens is 1. The molecule has 0 unspecified atom stereocenters. The summed E-state index contributed by atoms with van der Waals surface area (Å²) in [5.74, 6) is 0.343. The zero-order chi connectivity index (χ0) is 30.9. The van der Waals surface area contributed by atoms with Gasteiger partial charge in [-0.15, -0.1) is 5.53 Å². The van der Waals surface area contributed by atoms with Gasteiger partial charge in [0.15, 0.2) is 5.54 Å². The van der Waals surface area contributed by atoms with E-state index in [9.17, 15) is 18.4 Å². The van der Waals surface area contributed by atoms with Crippen molar-refractivity contribution in [1.29, 1.82) is 5.26 Å². The van der Waals surface area contributed by atoms with Crippen molar-refractivity contribution in [2.45, 2.75) is 51.4 Å². The molecule has 1 aliphatic heterocycles. The number of methoxy groups -OCH3 is 1. The summed E-state index contributed by atoms with van der Waals surface area (Å²) in [6.45, 7) is 11.0. The van der Waals surface area contributed by atoms with Gasteiger partial charge in [0.25, 0.3) is 0 Å². The van der Waals surface area contributed by atoms with Crippen molar-refractivity contribution in [3.05, 3.63) is 65.1 Å². The molecule has 1 aromatic carbocycles. The van der Waals surface area contributed by atoms with Crippen LogP contribution in [0.3, 0.4) is 0 Å². The Labute approximate surface area is 248 Å². The van der Waals surface area contributed by atoms with Crippen molar-refractivity contribution < 1.29 is 17.9 Å². The number of rotatable bonds is 9. The first-order chi connectivity index (χ1) is 19.7. The van der Waals surface area contributed by atoms with Crippen LogP contribution >= 0.6 is 11.6 Å². The first-order valence-electron chi connectivity index (χ1n) is 13.2. The van der Waals surface area contributed by atoms with Gasteiger partial charge in [-0.3, -0.25) is 15.0 Å². The lowest BCUT2D eigenvalue weighted by atomic mass is 9.96. The maximum Gasteiger partial charge on any atom is 0.413 e. The molecule has 0 saturated heterocycles. The molecule has 2 heterocycles. The Hall–Kier alpha value is -3.95. The highest BCUT2D eigenvalue weighted by Gasteiger charge is 2.67. The lowest BCUT2D eigenvalue weighted by Gasteiger charge is -2.28. The molecule has 1 atom stereocenters. The number of fused-ring (bicyclic) bond motifs is 1. The minimum atomic E-state index is -4.41. The number of nitrogens with zero attached hydrogens (tertiary/aromatic N) is 4. The molecular formula is C29H34ClF3N8O. The Morgan fingerprint density at radius 2 is 2.05 bits per heavy atom. The molecule has 42 heavy (non-hydrogen) atoms. The third-order valence-electron chi connectivity index (χ3n) is 7.00. The smallest absolute Gasteiger partial charge is 0.413 e. The van der Waals surface area contributed by atoms with Crippen molar-refractivity contribution in [1.82, 2.24) is 21.0 Å². The van der Waals surface area contributed by atoms with E-state index < -0.39 is 17.8 Å². The maximum atomic E-state index is 13.8. The van der Waals surface area contributed by atoms with Crippen LogP contribution in [0.4, 0.5) is 24.5 Å². The Morgan fingerprint density at radius 1 is 1.33 bits per heavy atom. The first kappa shape index (κ1) is 31.0. The number of aliphatic imine (C=N–C) groups is 1. The highest BCUT2D eigenvalue weighted by atomic mass is 35.5. The summed E-state index contributed by atoms with van der Waals surface area (Å²) < 4.78 is 46.7. The lowest BCUT2D eigenvalue weighted by Crippen LogP contribution is -2.52. The lowest BCUT2D eigenvalue weighted by molar-refractivity contribution is -0.195. The van der Waals surface area contributed by atoms with Gasteiger partial charge in [0.1, 0.15) is 6.07 Å². The molecule has 9 nitrogen and oxygen atoms in total. The summed E-state index contributed by atoms with van der Waals surface area (Å²) in [5, 5.41) is 18.5. The molecule has 1 aliphatic carbocycles. The van der Waals surface area contributed by atoms with Crippen LogP contribution in [0.5, 0.6) is 0 Å². The minimum absolute atomic E-state index is 0.0169. The summed E-state index contributed by atoms with van der Waals surface area (Å²) in [6, 6.07) is 4.94. The fraction of sp³-hybridized carbons (Fsp3) is 0.414. The Balaban J connectivity index is 1.76. The number of nitriles is 1. The summed E-state index contributed by atoms with van der Waals surface area (Å²) in [6.07, 6.45) is 1.71. The van der Waals surface area contributed by atoms with Crippen LogP contribution < -0.4 is 21.6 Å². The van der Waals surface area contributed by atoms with Gasteiger partial charge in [-0.25, -0.2) is 0 Å². The highest BCUT2D eigenvalue weighted by Crippen LogP contribution is 2.53. The van der Waals surface area contributed by atoms with Gasteiger partial charge in [-0.05, 0) is 36.0 Å². The second-order valence-corrected chi connectivity index (χ2v) is 11.8. The van der Waals surface area contributed by atoms with Crippen LogP contribution in [0, 0.1) is 16.7 Å². The molecular weight excluding hydrogens is 569 g/mol. The zero-order valence-electron chi connectivity index (χ0n) is 24.1. The van der Waals surface area contributed by atoms with Gasteiger partial charge >= 0.3 is 6.18 Å². The predicted octanol–water partition coefficient (Wildman–Crippen LogP) is 6.05. The van der Waals surface area contributed by atoms with Crippen LogP contribution in [-0.2, 0) is 4.74 Å². The van der Waals surface area contributed by atoms with Crippen LogP contribution in [-0.4, -0.2) is 54.3 Å². The third kappa shape index (κ3) is 6.42. The summed E-state index contributed by atoms with van der Waals surface area (Å²) in [7, 11) is 3.05. The Bertz CT molecular complexity index is 1500. The van der Waals surface area contributed by atoms with Gasteiger partial charge in [-0.2, -0.15) is 18.4 Å². The predicted molar refractivity (Wildman–Crippen MR) is 160 cm³/mol. The molecule has 13 heteroatoms. The average Bonchev–Trinajstić information content (AvgIpc) is 3.61. The quantitative estimate of drug-likeness (QED) is 0.156. The topological polar surface area (TPSA) is 110 Å². The fourth-order valence-corrected chi connectivity index (χ4v) is 4.77. The number of nitrogens with one attached hydrogen (secondary N) is 4. The standard InChI is InChI=1S/C29H34ClF3N8O/c1-17(7-8-23(35-5)42-6)24(22-15-41(40-39-22)28(9-10-28)29(31,32)33)38-19-11-20-25(37-16-27(2,3)4)18(13-34)14-36-26(20)21(30)12-19/h7-8,11-12,14-15,24,38-40H,1,9-10,16H2,2-6H3,(H,36,37)/b8-7-,35-23+/t24-/m0/s1. The Morgan fingerprint density at radius 3 is 2.62 bits per heavy atom. The largest absolute Gasteiger partial charge is 0.481 e. The maximum absolute atomic E-state index is 13.8. The number of hydrazine groups is 2. The van der Waals surface area contributed by atoms with Crippen molar-refractivity contribution in [2.24, 2.45) is 10.4 Å². The molecule has 1 aromatic heterocycles. The molecule has 2 aliphatic rings. The van der Waals surface area contributed by atoms with Crippen LogP contribution in [0.15, 0.2) is 59.5 Å². The van der Waals surface area contributed by atoms with Gasteiger partial charge in [0, 0.05) is 43.1 Å². The van der Waals surface area contributed by atoms with Crippen LogP contribution in [0.25, 0.3) is 10.9 Å². The molecule has 1 saturated carbocycles. The summed E-state index contributed by atoms with van der Waals surface area (Å²) in [4.78, 5) is 8.42. The van der Waals surface area contributed by atoms with Crippen LogP contribution in [0.1, 0.15) is 39.2 Å². The molecule has 4 N–H and O–H groups in total. The summed E-state index contributed by atoms with van der Waals surface area (Å²) in [5.41, 5.74) is 6.38. The zero-order valence-corrected chi connectivity index (χ0v) is 24.8. The van der Waals surface area contributed by atoms with Crippen molar-refractivity contribution in [2.75, 3.05) is 31.3 Å². The van der Waals surface area contributed by atoms with E-state index in [4.69, 9.17) is 16.3 Å². The molecule has 1 fully saturated rings. The Kier molecular flexibility index (Phi) is 8.66. The second kappa shape index (κ2) is 11.7. The van der Waals surface area contributed by atoms with Gasteiger partial charge in [0.2, 0.25) is 5.90 Å². The number of benzene rings is 1. The molecule has 4 rings (SSSR count). The molecule has 0 radical (unpaired) electrons. The first-order valence-corrected chi connectivity index (χ1v) is 13.6. The average molecular weight is 603 g/mol. The number of hydrogen-bond acceptors (Lipinski definition) is 9. The number of alkyl halides is 3.